The Hall–Kier alpha value is -1.75. The summed E-state index contributed by atoms with van der Waals surface area (Å²) < 4.78 is 0. The van der Waals surface area contributed by atoms with E-state index in [0.717, 1.165) is 23.1 Å². The number of nitrogens with zero attached hydrogens (tertiary/aromatic N) is 2. The molecule has 0 aliphatic heterocycles. The second-order valence-corrected chi connectivity index (χ2v) is 5.84. The van der Waals surface area contributed by atoms with Gasteiger partial charge in [-0.1, -0.05) is 37.6 Å². The van der Waals surface area contributed by atoms with Crippen molar-refractivity contribution in [3.05, 3.63) is 34.9 Å². The molecule has 0 saturated carbocycles. The van der Waals surface area contributed by atoms with E-state index in [0.29, 0.717) is 13.1 Å². The van der Waals surface area contributed by atoms with Crippen LogP contribution in [0.15, 0.2) is 29.3 Å². The third-order valence-electron chi connectivity index (χ3n) is 3.14. The van der Waals surface area contributed by atoms with E-state index >= 15 is 0 Å². The van der Waals surface area contributed by atoms with E-state index in [1.165, 1.54) is 0 Å². The molecule has 0 aliphatic rings. The van der Waals surface area contributed by atoms with Gasteiger partial charge in [0.25, 0.3) is 0 Å². The SMILES string of the molecule is CN=C(NCCNC(=O)C(C)C)N(C)Cc1ccc(Cl)cc1. The minimum absolute atomic E-state index is 0.00638. The number of guanidine groups is 1. The molecule has 1 rings (SSSR count). The predicted molar refractivity (Wildman–Crippen MR) is 92.1 cm³/mol. The quantitative estimate of drug-likeness (QED) is 0.479. The van der Waals surface area contributed by atoms with Gasteiger partial charge in [0, 0.05) is 44.7 Å². The number of nitrogens with one attached hydrogen (secondary N) is 2. The van der Waals surface area contributed by atoms with Gasteiger partial charge in [0.05, 0.1) is 0 Å². The Morgan fingerprint density at radius 1 is 1.23 bits per heavy atom. The zero-order valence-electron chi connectivity index (χ0n) is 13.7. The van der Waals surface area contributed by atoms with E-state index in [4.69, 9.17) is 11.6 Å². The largest absolute Gasteiger partial charge is 0.354 e. The number of aliphatic imine (C=N–C) groups is 1. The first-order valence-corrected chi connectivity index (χ1v) is 7.75. The zero-order valence-corrected chi connectivity index (χ0v) is 14.4. The van der Waals surface area contributed by atoms with E-state index in [1.807, 2.05) is 50.1 Å². The van der Waals surface area contributed by atoms with Crippen LogP contribution in [-0.4, -0.2) is 44.0 Å². The van der Waals surface area contributed by atoms with Crippen LogP contribution in [-0.2, 0) is 11.3 Å². The maximum atomic E-state index is 11.5. The smallest absolute Gasteiger partial charge is 0.222 e. The van der Waals surface area contributed by atoms with Crippen molar-refractivity contribution in [2.45, 2.75) is 20.4 Å². The van der Waals surface area contributed by atoms with E-state index < -0.39 is 0 Å². The van der Waals surface area contributed by atoms with E-state index in [-0.39, 0.29) is 11.8 Å². The number of carbonyl (C=O) groups excluding carboxylic acids is 1. The number of hydrogen-bond donors (Lipinski definition) is 2. The standard InChI is InChI=1S/C16H25ClN4O/c1-12(2)15(22)19-9-10-20-16(18-3)21(4)11-13-5-7-14(17)8-6-13/h5-8,12H,9-11H2,1-4H3,(H,18,20)(H,19,22). The van der Waals surface area contributed by atoms with Crippen LogP contribution in [0, 0.1) is 5.92 Å². The lowest BCUT2D eigenvalue weighted by atomic mass is 10.2. The van der Waals surface area contributed by atoms with Crippen molar-refractivity contribution in [1.82, 2.24) is 15.5 Å². The van der Waals surface area contributed by atoms with Gasteiger partial charge < -0.3 is 15.5 Å². The summed E-state index contributed by atoms with van der Waals surface area (Å²) in [5, 5.41) is 6.83. The molecular weight excluding hydrogens is 300 g/mol. The van der Waals surface area contributed by atoms with Gasteiger partial charge >= 0.3 is 0 Å². The Kier molecular flexibility index (Phi) is 7.74. The number of rotatable bonds is 6. The molecule has 22 heavy (non-hydrogen) atoms. The highest BCUT2D eigenvalue weighted by Crippen LogP contribution is 2.10. The Morgan fingerprint density at radius 3 is 2.36 bits per heavy atom. The molecular formula is C16H25ClN4O. The highest BCUT2D eigenvalue weighted by atomic mass is 35.5. The summed E-state index contributed by atoms with van der Waals surface area (Å²) in [4.78, 5) is 17.7. The molecule has 0 atom stereocenters. The van der Waals surface area contributed by atoms with Crippen molar-refractivity contribution in [1.29, 1.82) is 0 Å². The van der Waals surface area contributed by atoms with Crippen LogP contribution in [0.4, 0.5) is 0 Å². The first kappa shape index (κ1) is 18.3. The van der Waals surface area contributed by atoms with Gasteiger partial charge in [0.15, 0.2) is 5.96 Å². The van der Waals surface area contributed by atoms with E-state index in [2.05, 4.69) is 15.6 Å². The second kappa shape index (κ2) is 9.30. The van der Waals surface area contributed by atoms with Crippen LogP contribution in [0.5, 0.6) is 0 Å². The summed E-state index contributed by atoms with van der Waals surface area (Å²) in [7, 11) is 3.71. The van der Waals surface area contributed by atoms with Crippen molar-refractivity contribution in [3.8, 4) is 0 Å². The summed E-state index contributed by atoms with van der Waals surface area (Å²) >= 11 is 5.89. The Balaban J connectivity index is 2.40. The van der Waals surface area contributed by atoms with Crippen molar-refractivity contribution >= 4 is 23.5 Å². The van der Waals surface area contributed by atoms with Crippen molar-refractivity contribution in [2.75, 3.05) is 27.2 Å². The summed E-state index contributed by atoms with van der Waals surface area (Å²) in [5.41, 5.74) is 1.16. The maximum absolute atomic E-state index is 11.5. The molecule has 1 aromatic rings. The maximum Gasteiger partial charge on any atom is 0.222 e. The molecule has 0 aromatic heterocycles. The molecule has 0 bridgehead atoms. The molecule has 1 amide bonds. The van der Waals surface area contributed by atoms with Crippen molar-refractivity contribution in [2.24, 2.45) is 10.9 Å². The molecule has 0 spiro atoms. The van der Waals surface area contributed by atoms with E-state index in [9.17, 15) is 4.79 Å². The highest BCUT2D eigenvalue weighted by Gasteiger charge is 2.08. The van der Waals surface area contributed by atoms with Gasteiger partial charge in [-0.05, 0) is 17.7 Å². The molecule has 0 fully saturated rings. The molecule has 1 aromatic carbocycles. The molecule has 5 nitrogen and oxygen atoms in total. The first-order chi connectivity index (χ1) is 10.4. The molecule has 6 heteroatoms. The van der Waals surface area contributed by atoms with Gasteiger partial charge in [-0.25, -0.2) is 0 Å². The molecule has 0 heterocycles. The fraction of sp³-hybridized carbons (Fsp3) is 0.500. The van der Waals surface area contributed by atoms with Gasteiger partial charge in [0.1, 0.15) is 0 Å². The molecule has 0 unspecified atom stereocenters. The second-order valence-electron chi connectivity index (χ2n) is 5.40. The normalized spacial score (nSPS) is 11.5. The number of carbonyl (C=O) groups is 1. The minimum atomic E-state index is 0.00638. The van der Waals surface area contributed by atoms with Crippen LogP contribution < -0.4 is 10.6 Å². The predicted octanol–water partition coefficient (Wildman–Crippen LogP) is 2.12. The summed E-state index contributed by atoms with van der Waals surface area (Å²) in [5.74, 6) is 0.854. The third-order valence-corrected chi connectivity index (χ3v) is 3.39. The van der Waals surface area contributed by atoms with Crippen LogP contribution in [0.3, 0.4) is 0 Å². The molecule has 0 saturated heterocycles. The molecule has 0 aliphatic carbocycles. The third kappa shape index (κ3) is 6.35. The molecule has 2 N–H and O–H groups in total. The van der Waals surface area contributed by atoms with E-state index in [1.54, 1.807) is 7.05 Å². The Morgan fingerprint density at radius 2 is 1.82 bits per heavy atom. The lowest BCUT2D eigenvalue weighted by Crippen LogP contribution is -2.42. The van der Waals surface area contributed by atoms with Gasteiger partial charge in [-0.15, -0.1) is 0 Å². The van der Waals surface area contributed by atoms with Gasteiger partial charge in [-0.3, -0.25) is 9.79 Å². The summed E-state index contributed by atoms with van der Waals surface area (Å²) in [6, 6.07) is 7.74. The van der Waals surface area contributed by atoms with Crippen molar-refractivity contribution < 1.29 is 4.79 Å². The lowest BCUT2D eigenvalue weighted by molar-refractivity contribution is -0.123. The average Bonchev–Trinajstić information content (AvgIpc) is 2.49. The average molecular weight is 325 g/mol. The van der Waals surface area contributed by atoms with Gasteiger partial charge in [-0.2, -0.15) is 0 Å². The minimum Gasteiger partial charge on any atom is -0.354 e. The topological polar surface area (TPSA) is 56.7 Å². The monoisotopic (exact) mass is 324 g/mol. The van der Waals surface area contributed by atoms with Crippen LogP contribution in [0.25, 0.3) is 0 Å². The first-order valence-electron chi connectivity index (χ1n) is 7.38. The molecule has 122 valence electrons. The number of amides is 1. The van der Waals surface area contributed by atoms with Crippen LogP contribution in [0.1, 0.15) is 19.4 Å². The lowest BCUT2D eigenvalue weighted by Gasteiger charge is -2.22. The number of benzene rings is 1. The number of halogens is 1. The Bertz CT molecular complexity index is 499. The fourth-order valence-corrected chi connectivity index (χ4v) is 2.01. The van der Waals surface area contributed by atoms with Crippen molar-refractivity contribution in [3.63, 3.8) is 0 Å². The Labute approximate surface area is 137 Å². The number of hydrogen-bond acceptors (Lipinski definition) is 2. The van der Waals surface area contributed by atoms with Crippen LogP contribution in [0.2, 0.25) is 5.02 Å². The summed E-state index contributed by atoms with van der Waals surface area (Å²) in [6.45, 7) is 5.69. The fourth-order valence-electron chi connectivity index (χ4n) is 1.89. The van der Waals surface area contributed by atoms with Gasteiger partial charge in [0.2, 0.25) is 5.91 Å². The summed E-state index contributed by atoms with van der Waals surface area (Å²) in [6.07, 6.45) is 0. The zero-order chi connectivity index (χ0) is 16.5. The highest BCUT2D eigenvalue weighted by molar-refractivity contribution is 6.30. The van der Waals surface area contributed by atoms with Crippen LogP contribution >= 0.6 is 11.6 Å². The molecule has 0 radical (unpaired) electrons.